The normalized spacial score (nSPS) is 15.2. The molecule has 0 unspecified atom stereocenters. The summed E-state index contributed by atoms with van der Waals surface area (Å²) in [4.78, 5) is 27.2. The molecule has 0 saturated carbocycles. The van der Waals surface area contributed by atoms with E-state index in [0.29, 0.717) is 0 Å². The number of benzene rings is 3. The third-order valence-electron chi connectivity index (χ3n) is 6.80. The minimum absolute atomic E-state index is 0.296. The molecule has 2 aliphatic heterocycles. The summed E-state index contributed by atoms with van der Waals surface area (Å²) in [5.41, 5.74) is 4.24. The zero-order valence-electron chi connectivity index (χ0n) is 21.0. The van der Waals surface area contributed by atoms with Gasteiger partial charge in [-0.2, -0.15) is 0 Å². The van der Waals surface area contributed by atoms with Crippen molar-refractivity contribution in [3.05, 3.63) is 84.4 Å². The molecule has 3 aromatic carbocycles. The largest absolute Gasteiger partial charge is 0.481 e. The van der Waals surface area contributed by atoms with Crippen molar-refractivity contribution in [1.82, 2.24) is 4.90 Å². The van der Waals surface area contributed by atoms with Crippen LogP contribution >= 0.6 is 11.8 Å². The molecule has 7 heteroatoms. The number of anilines is 2. The summed E-state index contributed by atoms with van der Waals surface area (Å²) in [5, 5.41) is 15.8. The van der Waals surface area contributed by atoms with E-state index in [9.17, 15) is 9.59 Å². The van der Waals surface area contributed by atoms with E-state index in [1.54, 1.807) is 0 Å². The molecule has 194 valence electrons. The van der Waals surface area contributed by atoms with Gasteiger partial charge in [0.1, 0.15) is 0 Å². The van der Waals surface area contributed by atoms with E-state index in [1.165, 1.54) is 65.6 Å². The molecule has 6 nitrogen and oxygen atoms in total. The van der Waals surface area contributed by atoms with Gasteiger partial charge in [-0.05, 0) is 74.6 Å². The minimum Gasteiger partial charge on any atom is -0.481 e. The van der Waals surface area contributed by atoms with Gasteiger partial charge in [-0.3, -0.25) is 9.59 Å². The van der Waals surface area contributed by atoms with Crippen molar-refractivity contribution in [3.63, 3.8) is 0 Å². The Kier molecular flexibility index (Phi) is 9.63. The zero-order chi connectivity index (χ0) is 26.0. The SMILES string of the molecule is O=C(O)CCC(=O)O.c1ccc(C2CCN(CCCN3c4ccccc4Sc4ccccc43)CC2)cc1. The number of nitrogens with zero attached hydrogens (tertiary/aromatic N) is 2. The molecule has 0 bridgehead atoms. The fourth-order valence-electron chi connectivity index (χ4n) is 4.90. The summed E-state index contributed by atoms with van der Waals surface area (Å²) in [6.45, 7) is 4.72. The van der Waals surface area contributed by atoms with Crippen LogP contribution in [0.2, 0.25) is 0 Å². The van der Waals surface area contributed by atoms with Crippen molar-refractivity contribution in [1.29, 1.82) is 0 Å². The van der Waals surface area contributed by atoms with Crippen molar-refractivity contribution in [2.45, 2.75) is 47.8 Å². The number of para-hydroxylation sites is 2. The molecule has 0 amide bonds. The molecule has 37 heavy (non-hydrogen) atoms. The van der Waals surface area contributed by atoms with Gasteiger partial charge in [0.25, 0.3) is 0 Å². The molecule has 0 radical (unpaired) electrons. The molecule has 2 aliphatic rings. The summed E-state index contributed by atoms with van der Waals surface area (Å²) in [6.07, 6.45) is 3.18. The highest BCUT2D eigenvalue weighted by Gasteiger charge is 2.24. The lowest BCUT2D eigenvalue weighted by atomic mass is 9.89. The first kappa shape index (κ1) is 26.8. The van der Waals surface area contributed by atoms with E-state index in [0.717, 1.165) is 12.5 Å². The molecule has 0 atom stereocenters. The van der Waals surface area contributed by atoms with E-state index in [1.807, 2.05) is 11.8 Å². The Hall–Kier alpha value is -3.29. The first-order chi connectivity index (χ1) is 18.0. The second-order valence-electron chi connectivity index (χ2n) is 9.36. The van der Waals surface area contributed by atoms with Crippen LogP contribution in [-0.4, -0.2) is 53.2 Å². The molecule has 0 aliphatic carbocycles. The molecule has 1 fully saturated rings. The van der Waals surface area contributed by atoms with E-state index < -0.39 is 11.9 Å². The molecular formula is C30H34N2O4S. The van der Waals surface area contributed by atoms with Crippen molar-refractivity contribution < 1.29 is 19.8 Å². The van der Waals surface area contributed by atoms with Crippen LogP contribution in [0.5, 0.6) is 0 Å². The van der Waals surface area contributed by atoms with Gasteiger partial charge < -0.3 is 20.0 Å². The van der Waals surface area contributed by atoms with Crippen LogP contribution in [-0.2, 0) is 9.59 Å². The monoisotopic (exact) mass is 518 g/mol. The smallest absolute Gasteiger partial charge is 0.303 e. The first-order valence-electron chi connectivity index (χ1n) is 12.9. The molecule has 2 N–H and O–H groups in total. The third-order valence-corrected chi connectivity index (χ3v) is 7.93. The van der Waals surface area contributed by atoms with Crippen LogP contribution in [0.1, 0.15) is 43.6 Å². The predicted octanol–water partition coefficient (Wildman–Crippen LogP) is 6.49. The number of rotatable bonds is 8. The second-order valence-corrected chi connectivity index (χ2v) is 10.4. The number of carboxylic acids is 2. The number of aliphatic carboxylic acids is 2. The Bertz CT molecular complexity index is 1120. The average Bonchev–Trinajstić information content (AvgIpc) is 2.93. The highest BCUT2D eigenvalue weighted by molar-refractivity contribution is 7.99. The Morgan fingerprint density at radius 1 is 0.730 bits per heavy atom. The van der Waals surface area contributed by atoms with Gasteiger partial charge in [0.15, 0.2) is 0 Å². The number of hydrogen-bond acceptors (Lipinski definition) is 5. The van der Waals surface area contributed by atoms with Gasteiger partial charge in [-0.1, -0.05) is 66.4 Å². The van der Waals surface area contributed by atoms with Gasteiger partial charge >= 0.3 is 11.9 Å². The Morgan fingerprint density at radius 2 is 1.24 bits per heavy atom. The lowest BCUT2D eigenvalue weighted by Gasteiger charge is -2.35. The molecule has 1 saturated heterocycles. The van der Waals surface area contributed by atoms with Crippen LogP contribution in [0.3, 0.4) is 0 Å². The third kappa shape index (κ3) is 7.60. The van der Waals surface area contributed by atoms with E-state index in [2.05, 4.69) is 88.7 Å². The second kappa shape index (κ2) is 13.3. The maximum Gasteiger partial charge on any atom is 0.303 e. The Morgan fingerprint density at radius 3 is 1.78 bits per heavy atom. The quantitative estimate of drug-likeness (QED) is 0.352. The number of carboxylic acid groups (broad SMARTS) is 2. The maximum absolute atomic E-state index is 9.64. The lowest BCUT2D eigenvalue weighted by molar-refractivity contribution is -0.143. The van der Waals surface area contributed by atoms with Crippen LogP contribution < -0.4 is 4.90 Å². The number of carbonyl (C=O) groups is 2. The molecule has 2 heterocycles. The fourth-order valence-corrected chi connectivity index (χ4v) is 6.00. The van der Waals surface area contributed by atoms with Gasteiger partial charge in [-0.15, -0.1) is 0 Å². The van der Waals surface area contributed by atoms with E-state index >= 15 is 0 Å². The topological polar surface area (TPSA) is 81.1 Å². The molecule has 0 spiro atoms. The fraction of sp³-hybridized carbons (Fsp3) is 0.333. The highest BCUT2D eigenvalue weighted by atomic mass is 32.2. The Labute approximate surface area is 222 Å². The van der Waals surface area contributed by atoms with Crippen LogP contribution in [0, 0.1) is 0 Å². The maximum atomic E-state index is 9.64. The van der Waals surface area contributed by atoms with Crippen LogP contribution in [0.25, 0.3) is 0 Å². The molecule has 0 aromatic heterocycles. The summed E-state index contributed by atoms with van der Waals surface area (Å²) in [5.74, 6) is -1.41. The van der Waals surface area contributed by atoms with Gasteiger partial charge in [0.2, 0.25) is 0 Å². The summed E-state index contributed by atoms with van der Waals surface area (Å²) in [6, 6.07) is 28.7. The van der Waals surface area contributed by atoms with Gasteiger partial charge in [0, 0.05) is 16.3 Å². The number of hydrogen-bond donors (Lipinski definition) is 2. The summed E-state index contributed by atoms with van der Waals surface area (Å²) >= 11 is 1.89. The predicted molar refractivity (Wildman–Crippen MR) is 148 cm³/mol. The molecule has 3 aromatic rings. The molecular weight excluding hydrogens is 484 g/mol. The van der Waals surface area contributed by atoms with Gasteiger partial charge in [0.05, 0.1) is 24.2 Å². The van der Waals surface area contributed by atoms with Crippen molar-refractivity contribution >= 4 is 35.1 Å². The van der Waals surface area contributed by atoms with Crippen molar-refractivity contribution in [2.24, 2.45) is 0 Å². The van der Waals surface area contributed by atoms with Gasteiger partial charge in [-0.25, -0.2) is 0 Å². The highest BCUT2D eigenvalue weighted by Crippen LogP contribution is 2.47. The van der Waals surface area contributed by atoms with Crippen LogP contribution in [0.4, 0.5) is 11.4 Å². The summed E-state index contributed by atoms with van der Waals surface area (Å²) < 4.78 is 0. The zero-order valence-corrected chi connectivity index (χ0v) is 21.8. The molecule has 5 rings (SSSR count). The van der Waals surface area contributed by atoms with E-state index in [4.69, 9.17) is 10.2 Å². The first-order valence-corrected chi connectivity index (χ1v) is 13.7. The van der Waals surface area contributed by atoms with Crippen LogP contribution in [0.15, 0.2) is 88.7 Å². The number of fused-ring (bicyclic) bond motifs is 2. The number of piperidine rings is 1. The van der Waals surface area contributed by atoms with Crippen molar-refractivity contribution in [3.8, 4) is 0 Å². The number of likely N-dealkylation sites (tertiary alicyclic amines) is 1. The minimum atomic E-state index is -1.08. The lowest BCUT2D eigenvalue weighted by Crippen LogP contribution is -2.35. The van der Waals surface area contributed by atoms with E-state index in [-0.39, 0.29) is 12.8 Å². The average molecular weight is 519 g/mol. The standard InChI is InChI=1S/C26H28N2S.C4H6O4/c1-2-9-21(10-3-1)22-15-19-27(20-16-22)17-8-18-28-23-11-4-6-13-25(23)29-26-14-7-5-12-24(26)28;5-3(6)1-2-4(7)8/h1-7,9-14,22H,8,15-20H2;1-2H2,(H,5,6)(H,7,8). The summed E-state index contributed by atoms with van der Waals surface area (Å²) in [7, 11) is 0. The Balaban J connectivity index is 0.000000349. The van der Waals surface area contributed by atoms with Crippen molar-refractivity contribution in [2.75, 3.05) is 31.1 Å².